The summed E-state index contributed by atoms with van der Waals surface area (Å²) in [5, 5.41) is 12.0. The fourth-order valence-electron chi connectivity index (χ4n) is 1.92. The largest absolute Gasteiger partial charge is 0.417 e. The molecule has 0 bridgehead atoms. The summed E-state index contributed by atoms with van der Waals surface area (Å²) < 4.78 is 37.5. The molecular formula is C17H15F3N4OS. The second kappa shape index (κ2) is 8.19. The molecule has 0 radical (unpaired) electrons. The minimum atomic E-state index is -4.48. The van der Waals surface area contributed by atoms with E-state index in [9.17, 15) is 18.0 Å². The van der Waals surface area contributed by atoms with Crippen molar-refractivity contribution in [2.75, 3.05) is 11.1 Å². The third kappa shape index (κ3) is 5.20. The highest BCUT2D eigenvalue weighted by Gasteiger charge is 2.30. The number of nitrogens with zero attached hydrogens (tertiary/aromatic N) is 3. The number of aromatic nitrogens is 2. The molecule has 0 spiro atoms. The Labute approximate surface area is 152 Å². The predicted octanol–water partition coefficient (Wildman–Crippen LogP) is 4.22. The van der Waals surface area contributed by atoms with Crippen molar-refractivity contribution in [3.63, 3.8) is 0 Å². The van der Waals surface area contributed by atoms with Crippen LogP contribution in [-0.4, -0.2) is 21.6 Å². The topological polar surface area (TPSA) is 78.7 Å². The van der Waals surface area contributed by atoms with Gasteiger partial charge in [-0.05, 0) is 30.2 Å². The van der Waals surface area contributed by atoms with Crippen LogP contribution in [0.5, 0.6) is 0 Å². The van der Waals surface area contributed by atoms with Crippen LogP contribution in [0.1, 0.15) is 36.6 Å². The van der Waals surface area contributed by atoms with Gasteiger partial charge in [0.15, 0.2) is 0 Å². The van der Waals surface area contributed by atoms with Crippen molar-refractivity contribution in [2.24, 2.45) is 0 Å². The van der Waals surface area contributed by atoms with E-state index in [-0.39, 0.29) is 17.5 Å². The lowest BCUT2D eigenvalue weighted by Gasteiger charge is -2.09. The Balaban J connectivity index is 2.01. The maximum absolute atomic E-state index is 12.5. The van der Waals surface area contributed by atoms with Gasteiger partial charge in [-0.1, -0.05) is 25.6 Å². The number of halogens is 3. The standard InChI is InChI=1S/C17H15F3N4OS/c1-10(2)13-5-3-11(7-21)16(23-13)26-9-15(25)24-14-6-4-12(8-22-14)17(18,19)20/h3-6,8,10H,9H2,1-2H3,(H,22,24,25). The van der Waals surface area contributed by atoms with Crippen LogP contribution in [0.2, 0.25) is 0 Å². The third-order valence-electron chi connectivity index (χ3n) is 3.29. The lowest BCUT2D eigenvalue weighted by molar-refractivity contribution is -0.137. The van der Waals surface area contributed by atoms with Gasteiger partial charge >= 0.3 is 6.18 Å². The number of pyridine rings is 2. The summed E-state index contributed by atoms with van der Waals surface area (Å²) in [5.74, 6) is -0.311. The van der Waals surface area contributed by atoms with E-state index < -0.39 is 17.6 Å². The van der Waals surface area contributed by atoms with E-state index in [1.807, 2.05) is 19.9 Å². The molecule has 0 aromatic carbocycles. The minimum absolute atomic E-state index is 0.0213. The van der Waals surface area contributed by atoms with E-state index in [1.54, 1.807) is 12.1 Å². The van der Waals surface area contributed by atoms with Gasteiger partial charge in [0.25, 0.3) is 0 Å². The highest BCUT2D eigenvalue weighted by atomic mass is 32.2. The Morgan fingerprint density at radius 1 is 1.31 bits per heavy atom. The fraction of sp³-hybridized carbons (Fsp3) is 0.294. The maximum atomic E-state index is 12.5. The number of nitriles is 1. The normalized spacial score (nSPS) is 11.3. The van der Waals surface area contributed by atoms with Crippen LogP contribution in [-0.2, 0) is 11.0 Å². The van der Waals surface area contributed by atoms with E-state index >= 15 is 0 Å². The average molecular weight is 380 g/mol. The molecule has 1 N–H and O–H groups in total. The van der Waals surface area contributed by atoms with Crippen molar-refractivity contribution in [3.8, 4) is 6.07 Å². The van der Waals surface area contributed by atoms with E-state index in [2.05, 4.69) is 15.3 Å². The SMILES string of the molecule is CC(C)c1ccc(C#N)c(SCC(=O)Nc2ccc(C(F)(F)F)cn2)n1. The number of nitrogens with one attached hydrogen (secondary N) is 1. The molecule has 0 aliphatic carbocycles. The number of anilines is 1. The lowest BCUT2D eigenvalue weighted by atomic mass is 10.1. The number of thioether (sulfide) groups is 1. The van der Waals surface area contributed by atoms with Crippen LogP contribution in [0.15, 0.2) is 35.5 Å². The molecule has 0 saturated carbocycles. The van der Waals surface area contributed by atoms with Gasteiger partial charge in [0, 0.05) is 11.9 Å². The zero-order valence-electron chi connectivity index (χ0n) is 14.0. The number of alkyl halides is 3. The van der Waals surface area contributed by atoms with E-state index in [0.717, 1.165) is 29.6 Å². The zero-order chi connectivity index (χ0) is 19.3. The number of hydrogen-bond donors (Lipinski definition) is 1. The van der Waals surface area contributed by atoms with Crippen LogP contribution >= 0.6 is 11.8 Å². The van der Waals surface area contributed by atoms with Crippen molar-refractivity contribution in [1.82, 2.24) is 9.97 Å². The number of hydrogen-bond acceptors (Lipinski definition) is 5. The van der Waals surface area contributed by atoms with Gasteiger partial charge in [0.05, 0.1) is 16.9 Å². The van der Waals surface area contributed by atoms with Crippen molar-refractivity contribution >= 4 is 23.5 Å². The second-order valence-electron chi connectivity index (χ2n) is 5.62. The van der Waals surface area contributed by atoms with Crippen LogP contribution in [0.3, 0.4) is 0 Å². The first-order chi connectivity index (χ1) is 12.2. The number of carbonyl (C=O) groups excluding carboxylic acids is 1. The zero-order valence-corrected chi connectivity index (χ0v) is 14.8. The molecular weight excluding hydrogens is 365 g/mol. The van der Waals surface area contributed by atoms with Crippen molar-refractivity contribution in [3.05, 3.63) is 47.3 Å². The Kier molecular flexibility index (Phi) is 6.21. The molecule has 26 heavy (non-hydrogen) atoms. The molecule has 0 saturated heterocycles. The Morgan fingerprint density at radius 2 is 2.04 bits per heavy atom. The molecule has 0 aliphatic rings. The van der Waals surface area contributed by atoms with Crippen LogP contribution in [0.4, 0.5) is 19.0 Å². The summed E-state index contributed by atoms with van der Waals surface area (Å²) in [6.45, 7) is 3.93. The summed E-state index contributed by atoms with van der Waals surface area (Å²) in [5.41, 5.74) is 0.273. The Morgan fingerprint density at radius 3 is 2.58 bits per heavy atom. The first kappa shape index (κ1) is 19.7. The summed E-state index contributed by atoms with van der Waals surface area (Å²) in [6.07, 6.45) is -3.82. The highest BCUT2D eigenvalue weighted by Crippen LogP contribution is 2.29. The quantitative estimate of drug-likeness (QED) is 0.786. The molecule has 0 atom stereocenters. The van der Waals surface area contributed by atoms with Crippen LogP contribution in [0, 0.1) is 11.3 Å². The monoisotopic (exact) mass is 380 g/mol. The molecule has 9 heteroatoms. The molecule has 1 amide bonds. The van der Waals surface area contributed by atoms with Gasteiger partial charge in [0.1, 0.15) is 16.9 Å². The van der Waals surface area contributed by atoms with E-state index in [0.29, 0.717) is 16.8 Å². The summed E-state index contributed by atoms with van der Waals surface area (Å²) in [7, 11) is 0. The van der Waals surface area contributed by atoms with Gasteiger partial charge in [-0.15, -0.1) is 0 Å². The second-order valence-corrected chi connectivity index (χ2v) is 6.59. The van der Waals surface area contributed by atoms with Gasteiger partial charge in [-0.3, -0.25) is 4.79 Å². The van der Waals surface area contributed by atoms with Crippen LogP contribution < -0.4 is 5.32 Å². The Hall–Kier alpha value is -2.60. The van der Waals surface area contributed by atoms with E-state index in [4.69, 9.17) is 5.26 Å². The molecule has 2 aromatic rings. The van der Waals surface area contributed by atoms with Crippen LogP contribution in [0.25, 0.3) is 0 Å². The van der Waals surface area contributed by atoms with E-state index in [1.165, 1.54) is 0 Å². The number of amides is 1. The van der Waals surface area contributed by atoms with Gasteiger partial charge in [-0.2, -0.15) is 18.4 Å². The summed E-state index contributed by atoms with van der Waals surface area (Å²) >= 11 is 1.08. The molecule has 2 aromatic heterocycles. The lowest BCUT2D eigenvalue weighted by Crippen LogP contribution is -2.16. The highest BCUT2D eigenvalue weighted by molar-refractivity contribution is 8.00. The molecule has 2 rings (SSSR count). The maximum Gasteiger partial charge on any atom is 0.417 e. The van der Waals surface area contributed by atoms with Crippen molar-refractivity contribution < 1.29 is 18.0 Å². The average Bonchev–Trinajstić information content (AvgIpc) is 2.59. The smallest absolute Gasteiger partial charge is 0.310 e. The van der Waals surface area contributed by atoms with Gasteiger partial charge in [-0.25, -0.2) is 9.97 Å². The van der Waals surface area contributed by atoms with Gasteiger partial charge < -0.3 is 5.32 Å². The fourth-order valence-corrected chi connectivity index (χ4v) is 2.70. The predicted molar refractivity (Wildman–Crippen MR) is 91.6 cm³/mol. The first-order valence-electron chi connectivity index (χ1n) is 7.57. The molecule has 136 valence electrons. The molecule has 0 fully saturated rings. The van der Waals surface area contributed by atoms with Crippen molar-refractivity contribution in [2.45, 2.75) is 31.0 Å². The summed E-state index contributed by atoms with van der Waals surface area (Å²) in [6, 6.07) is 7.37. The molecule has 0 aliphatic heterocycles. The summed E-state index contributed by atoms with van der Waals surface area (Å²) in [4.78, 5) is 19.9. The number of carbonyl (C=O) groups is 1. The molecule has 0 unspecified atom stereocenters. The molecule has 2 heterocycles. The van der Waals surface area contributed by atoms with Crippen molar-refractivity contribution in [1.29, 1.82) is 5.26 Å². The minimum Gasteiger partial charge on any atom is -0.310 e. The third-order valence-corrected chi connectivity index (χ3v) is 4.28. The number of rotatable bonds is 5. The van der Waals surface area contributed by atoms with Gasteiger partial charge in [0.2, 0.25) is 5.91 Å². The first-order valence-corrected chi connectivity index (χ1v) is 8.56. The Bertz CT molecular complexity index is 829. The molecule has 5 nitrogen and oxygen atoms in total.